The van der Waals surface area contributed by atoms with E-state index in [2.05, 4.69) is 25.9 Å². The first kappa shape index (κ1) is 15.9. The van der Waals surface area contributed by atoms with Crippen molar-refractivity contribution >= 4 is 5.71 Å². The summed E-state index contributed by atoms with van der Waals surface area (Å²) in [5.74, 6) is 9.43. The maximum absolute atomic E-state index is 10.5. The number of hydrazone groups is 1. The Morgan fingerprint density at radius 1 is 1.04 bits per heavy atom. The van der Waals surface area contributed by atoms with E-state index in [-0.39, 0.29) is 11.5 Å². The maximum atomic E-state index is 10.5. The van der Waals surface area contributed by atoms with Gasteiger partial charge in [0, 0.05) is 5.71 Å². The smallest absolute Gasteiger partial charge is 0.0596 e. The van der Waals surface area contributed by atoms with Crippen molar-refractivity contribution in [2.24, 2.45) is 51.4 Å². The normalized spacial score (nSPS) is 57.7. The molecule has 0 aliphatic heterocycles. The number of nitrogens with zero attached hydrogens (tertiary/aromatic N) is 1. The summed E-state index contributed by atoms with van der Waals surface area (Å²) in [6.45, 7) is 7.28. The molecule has 3 heteroatoms. The Hall–Kier alpha value is -0.570. The Morgan fingerprint density at radius 2 is 1.78 bits per heavy atom. The zero-order chi connectivity index (χ0) is 16.4. The molecule has 8 atom stereocenters. The van der Waals surface area contributed by atoms with E-state index in [0.29, 0.717) is 11.3 Å². The van der Waals surface area contributed by atoms with Crippen molar-refractivity contribution in [3.8, 4) is 0 Å². The molecule has 23 heavy (non-hydrogen) atoms. The van der Waals surface area contributed by atoms with Crippen molar-refractivity contribution in [2.45, 2.75) is 78.2 Å². The standard InChI is InChI=1S/C20H34N2O/c1-12-11-20(3)13(10-17(12)22-21)4-5-14-15-6-7-18(23)19(15,2)9-8-16(14)20/h12-16,18,23H,4-11,21H2,1-3H3/t12-,13-,14-,15-,16-,18-,19-,20-/m0/s1. The molecule has 0 unspecified atom stereocenters. The predicted molar refractivity (Wildman–Crippen MR) is 93.9 cm³/mol. The molecule has 0 spiro atoms. The summed E-state index contributed by atoms with van der Waals surface area (Å²) in [6, 6.07) is 0. The van der Waals surface area contributed by atoms with E-state index in [4.69, 9.17) is 5.84 Å². The number of hydrogen-bond donors (Lipinski definition) is 2. The van der Waals surface area contributed by atoms with Gasteiger partial charge in [0.25, 0.3) is 0 Å². The van der Waals surface area contributed by atoms with Gasteiger partial charge >= 0.3 is 0 Å². The van der Waals surface area contributed by atoms with Crippen molar-refractivity contribution in [1.82, 2.24) is 0 Å². The van der Waals surface area contributed by atoms with E-state index in [1.54, 1.807) is 0 Å². The molecule has 3 N–H and O–H groups in total. The van der Waals surface area contributed by atoms with Crippen molar-refractivity contribution < 1.29 is 5.11 Å². The van der Waals surface area contributed by atoms with Crippen LogP contribution in [0.15, 0.2) is 5.10 Å². The lowest BCUT2D eigenvalue weighted by Crippen LogP contribution is -2.55. The molecular weight excluding hydrogens is 284 g/mol. The SMILES string of the molecule is C[C@H]1C[C@@]2(C)[C@@H](CC[C@@H]3[C@@H]2CC[C@]2(C)[C@@H](O)CC[C@@H]32)CC1=NN. The second-order valence-electron chi connectivity index (χ2n) is 9.72. The zero-order valence-corrected chi connectivity index (χ0v) is 15.1. The van der Waals surface area contributed by atoms with Crippen LogP contribution in [0.1, 0.15) is 72.1 Å². The van der Waals surface area contributed by atoms with E-state index in [9.17, 15) is 5.11 Å². The molecular formula is C20H34N2O. The van der Waals surface area contributed by atoms with Gasteiger partial charge in [-0.2, -0.15) is 5.10 Å². The topological polar surface area (TPSA) is 58.6 Å². The van der Waals surface area contributed by atoms with Gasteiger partial charge in [0.05, 0.1) is 6.10 Å². The van der Waals surface area contributed by atoms with E-state index in [0.717, 1.165) is 36.5 Å². The van der Waals surface area contributed by atoms with Crippen LogP contribution >= 0.6 is 0 Å². The van der Waals surface area contributed by atoms with Crippen LogP contribution in [0.3, 0.4) is 0 Å². The van der Waals surface area contributed by atoms with Crippen LogP contribution in [0, 0.1) is 40.4 Å². The largest absolute Gasteiger partial charge is 0.393 e. The molecule has 4 aliphatic carbocycles. The fraction of sp³-hybridized carbons (Fsp3) is 0.950. The third kappa shape index (κ3) is 2.08. The second kappa shape index (κ2) is 5.21. The van der Waals surface area contributed by atoms with E-state index >= 15 is 0 Å². The Morgan fingerprint density at radius 3 is 2.52 bits per heavy atom. The van der Waals surface area contributed by atoms with Gasteiger partial charge in [0.2, 0.25) is 0 Å². The van der Waals surface area contributed by atoms with Crippen LogP contribution in [0.4, 0.5) is 0 Å². The fourth-order valence-corrected chi connectivity index (χ4v) is 7.57. The van der Waals surface area contributed by atoms with Gasteiger partial charge in [-0.1, -0.05) is 20.8 Å². The molecule has 4 rings (SSSR count). The first-order valence-electron chi connectivity index (χ1n) is 9.85. The van der Waals surface area contributed by atoms with Crippen LogP contribution in [-0.2, 0) is 0 Å². The van der Waals surface area contributed by atoms with Crippen molar-refractivity contribution in [1.29, 1.82) is 0 Å². The Labute approximate surface area is 141 Å². The first-order chi connectivity index (χ1) is 10.9. The first-order valence-corrected chi connectivity index (χ1v) is 9.85. The van der Waals surface area contributed by atoms with Crippen molar-refractivity contribution in [3.05, 3.63) is 0 Å². The molecule has 130 valence electrons. The van der Waals surface area contributed by atoms with Crippen LogP contribution in [0.5, 0.6) is 0 Å². The predicted octanol–water partition coefficient (Wildman–Crippen LogP) is 3.95. The summed E-state index contributed by atoms with van der Waals surface area (Å²) in [5.41, 5.74) is 1.92. The third-order valence-electron chi connectivity index (χ3n) is 8.95. The van der Waals surface area contributed by atoms with Gasteiger partial charge in [-0.3, -0.25) is 0 Å². The highest BCUT2D eigenvalue weighted by atomic mass is 16.3. The summed E-state index contributed by atoms with van der Waals surface area (Å²) < 4.78 is 0. The molecule has 0 aromatic rings. The minimum absolute atomic E-state index is 0.0553. The van der Waals surface area contributed by atoms with E-state index in [1.165, 1.54) is 44.2 Å². The number of aliphatic hydroxyl groups is 1. The van der Waals surface area contributed by atoms with Crippen LogP contribution in [-0.4, -0.2) is 16.9 Å². The van der Waals surface area contributed by atoms with Gasteiger partial charge in [0.1, 0.15) is 0 Å². The van der Waals surface area contributed by atoms with Crippen molar-refractivity contribution in [2.75, 3.05) is 0 Å². The molecule has 4 aliphatic rings. The number of fused-ring (bicyclic) bond motifs is 5. The average molecular weight is 319 g/mol. The number of aliphatic hydroxyl groups excluding tert-OH is 1. The van der Waals surface area contributed by atoms with Gasteiger partial charge < -0.3 is 10.9 Å². The molecule has 0 saturated heterocycles. The molecule has 4 saturated carbocycles. The summed E-state index contributed by atoms with van der Waals surface area (Å²) in [5, 5.41) is 14.7. The molecule has 0 aromatic heterocycles. The average Bonchev–Trinajstić information content (AvgIpc) is 2.82. The molecule has 0 aromatic carbocycles. The third-order valence-corrected chi connectivity index (χ3v) is 8.95. The Bertz CT molecular complexity index is 518. The fourth-order valence-electron chi connectivity index (χ4n) is 7.57. The van der Waals surface area contributed by atoms with Gasteiger partial charge in [-0.15, -0.1) is 0 Å². The lowest BCUT2D eigenvalue weighted by atomic mass is 9.44. The van der Waals surface area contributed by atoms with Crippen molar-refractivity contribution in [3.63, 3.8) is 0 Å². The molecule has 0 radical (unpaired) electrons. The van der Waals surface area contributed by atoms with E-state index in [1.807, 2.05) is 0 Å². The summed E-state index contributed by atoms with van der Waals surface area (Å²) in [6.07, 6.45) is 9.88. The molecule has 0 amide bonds. The molecule has 3 nitrogen and oxygen atoms in total. The van der Waals surface area contributed by atoms with E-state index < -0.39 is 0 Å². The minimum atomic E-state index is -0.0553. The van der Waals surface area contributed by atoms with Crippen LogP contribution in [0.2, 0.25) is 0 Å². The molecule has 4 fully saturated rings. The molecule has 0 heterocycles. The Kier molecular flexibility index (Phi) is 3.61. The second-order valence-corrected chi connectivity index (χ2v) is 9.72. The number of hydrogen-bond acceptors (Lipinski definition) is 3. The maximum Gasteiger partial charge on any atom is 0.0596 e. The minimum Gasteiger partial charge on any atom is -0.393 e. The monoisotopic (exact) mass is 318 g/mol. The highest BCUT2D eigenvalue weighted by Gasteiger charge is 2.60. The summed E-state index contributed by atoms with van der Waals surface area (Å²) in [4.78, 5) is 0. The number of nitrogens with two attached hydrogens (primary N) is 1. The highest BCUT2D eigenvalue weighted by Crippen LogP contribution is 2.66. The van der Waals surface area contributed by atoms with Gasteiger partial charge in [-0.05, 0) is 91.8 Å². The highest BCUT2D eigenvalue weighted by molar-refractivity contribution is 5.87. The zero-order valence-electron chi connectivity index (χ0n) is 15.1. The number of rotatable bonds is 0. The Balaban J connectivity index is 1.63. The lowest BCUT2D eigenvalue weighted by molar-refractivity contribution is -0.116. The van der Waals surface area contributed by atoms with Crippen LogP contribution in [0.25, 0.3) is 0 Å². The van der Waals surface area contributed by atoms with Gasteiger partial charge in [-0.25, -0.2) is 0 Å². The van der Waals surface area contributed by atoms with Crippen LogP contribution < -0.4 is 5.84 Å². The quantitative estimate of drug-likeness (QED) is 0.525. The molecule has 0 bridgehead atoms. The van der Waals surface area contributed by atoms with Gasteiger partial charge in [0.15, 0.2) is 0 Å². The lowest BCUT2D eigenvalue weighted by Gasteiger charge is -2.61. The summed E-state index contributed by atoms with van der Waals surface area (Å²) >= 11 is 0. The summed E-state index contributed by atoms with van der Waals surface area (Å²) in [7, 11) is 0.